The molecule has 3 nitrogen and oxygen atoms in total. The van der Waals surface area contributed by atoms with E-state index in [1.54, 1.807) is 6.08 Å². The topological polar surface area (TPSA) is 43.7 Å². The van der Waals surface area contributed by atoms with Crippen LogP contribution in [0.1, 0.15) is 5.56 Å². The van der Waals surface area contributed by atoms with E-state index in [0.717, 1.165) is 6.54 Å². The van der Waals surface area contributed by atoms with E-state index in [1.165, 1.54) is 5.56 Å². The van der Waals surface area contributed by atoms with Gasteiger partial charge in [0.1, 0.15) is 6.10 Å². The lowest BCUT2D eigenvalue weighted by Crippen LogP contribution is -2.33. The maximum Gasteiger partial charge on any atom is 0.100 e. The first-order valence-electron chi connectivity index (χ1n) is 5.49. The zero-order valence-electron chi connectivity index (χ0n) is 9.16. The number of nitrogens with zero attached hydrogens (tertiary/aromatic N) is 1. The average Bonchev–Trinajstić information content (AvgIpc) is 2.56. The monoisotopic (exact) mass is 219 g/mol. The zero-order chi connectivity index (χ0) is 11.5. The summed E-state index contributed by atoms with van der Waals surface area (Å²) in [5, 5.41) is 19.4. The van der Waals surface area contributed by atoms with Crippen molar-refractivity contribution in [1.82, 2.24) is 4.90 Å². The number of hydrogen-bond donors (Lipinski definition) is 2. The summed E-state index contributed by atoms with van der Waals surface area (Å²) in [7, 11) is 0. The van der Waals surface area contributed by atoms with Crippen molar-refractivity contribution in [3.05, 3.63) is 48.6 Å². The van der Waals surface area contributed by atoms with E-state index >= 15 is 0 Å². The lowest BCUT2D eigenvalue weighted by molar-refractivity contribution is 0.0465. The van der Waals surface area contributed by atoms with Gasteiger partial charge in [0.2, 0.25) is 0 Å². The summed E-state index contributed by atoms with van der Waals surface area (Å²) < 4.78 is 0. The van der Waals surface area contributed by atoms with Gasteiger partial charge in [-0.25, -0.2) is 0 Å². The number of hydrogen-bond acceptors (Lipinski definition) is 3. The molecular formula is C13H17NO2. The van der Waals surface area contributed by atoms with Gasteiger partial charge < -0.3 is 10.2 Å². The minimum atomic E-state index is -0.721. The van der Waals surface area contributed by atoms with Crippen molar-refractivity contribution in [2.45, 2.75) is 24.8 Å². The molecule has 1 aromatic rings. The molecule has 3 atom stereocenters. The predicted molar refractivity (Wildman–Crippen MR) is 62.9 cm³/mol. The van der Waals surface area contributed by atoms with E-state index in [1.807, 2.05) is 35.2 Å². The fourth-order valence-corrected chi connectivity index (χ4v) is 2.19. The molecule has 0 radical (unpaired) electrons. The summed E-state index contributed by atoms with van der Waals surface area (Å²) in [5.74, 6) is 0. The van der Waals surface area contributed by atoms with Crippen LogP contribution in [-0.4, -0.2) is 39.9 Å². The van der Waals surface area contributed by atoms with Crippen LogP contribution in [0.15, 0.2) is 43.0 Å². The molecule has 1 aliphatic heterocycles. The van der Waals surface area contributed by atoms with E-state index < -0.39 is 12.2 Å². The van der Waals surface area contributed by atoms with Gasteiger partial charge in [0, 0.05) is 13.1 Å². The highest BCUT2D eigenvalue weighted by molar-refractivity contribution is 5.16. The van der Waals surface area contributed by atoms with E-state index in [2.05, 4.69) is 6.58 Å². The lowest BCUT2D eigenvalue weighted by Gasteiger charge is -2.22. The van der Waals surface area contributed by atoms with Gasteiger partial charge >= 0.3 is 0 Å². The molecule has 1 aliphatic rings. The Morgan fingerprint density at radius 2 is 2.00 bits per heavy atom. The molecule has 1 saturated heterocycles. The van der Waals surface area contributed by atoms with Gasteiger partial charge in [0.05, 0.1) is 12.1 Å². The van der Waals surface area contributed by atoms with Crippen LogP contribution in [0.3, 0.4) is 0 Å². The fraction of sp³-hybridized carbons (Fsp3) is 0.385. The fourth-order valence-electron chi connectivity index (χ4n) is 2.19. The molecule has 2 rings (SSSR count). The number of aliphatic hydroxyl groups is 2. The quantitative estimate of drug-likeness (QED) is 0.738. The Kier molecular flexibility index (Phi) is 3.39. The highest BCUT2D eigenvalue weighted by atomic mass is 16.3. The maximum absolute atomic E-state index is 9.74. The molecule has 1 aromatic carbocycles. The molecule has 0 amide bonds. The second-order valence-corrected chi connectivity index (χ2v) is 4.20. The second-order valence-electron chi connectivity index (χ2n) is 4.20. The first kappa shape index (κ1) is 11.3. The van der Waals surface area contributed by atoms with Crippen LogP contribution in [0.25, 0.3) is 0 Å². The summed E-state index contributed by atoms with van der Waals surface area (Å²) in [6.45, 7) is 4.93. The molecule has 1 fully saturated rings. The molecule has 16 heavy (non-hydrogen) atoms. The first-order chi connectivity index (χ1) is 7.72. The van der Waals surface area contributed by atoms with Crippen molar-refractivity contribution in [3.63, 3.8) is 0 Å². The van der Waals surface area contributed by atoms with E-state index in [9.17, 15) is 10.2 Å². The van der Waals surface area contributed by atoms with Crippen molar-refractivity contribution in [2.75, 3.05) is 6.54 Å². The highest BCUT2D eigenvalue weighted by Crippen LogP contribution is 2.21. The molecule has 86 valence electrons. The van der Waals surface area contributed by atoms with Crippen molar-refractivity contribution in [2.24, 2.45) is 0 Å². The Morgan fingerprint density at radius 3 is 2.62 bits per heavy atom. The summed E-state index contributed by atoms with van der Waals surface area (Å²) >= 11 is 0. The molecule has 0 bridgehead atoms. The van der Waals surface area contributed by atoms with Crippen LogP contribution >= 0.6 is 0 Å². The predicted octanol–water partition coefficient (Wildman–Crippen LogP) is 0.779. The van der Waals surface area contributed by atoms with Crippen LogP contribution in [0, 0.1) is 0 Å². The van der Waals surface area contributed by atoms with Crippen molar-refractivity contribution < 1.29 is 10.2 Å². The van der Waals surface area contributed by atoms with Gasteiger partial charge in [0.15, 0.2) is 0 Å². The average molecular weight is 219 g/mol. The Bertz CT molecular complexity index is 352. The van der Waals surface area contributed by atoms with E-state index in [-0.39, 0.29) is 6.04 Å². The third kappa shape index (κ3) is 2.16. The normalized spacial score (nSPS) is 30.5. The standard InChI is InChI=1S/C13H17NO2/c1-2-11-13(16)12(15)9-14(11)8-10-6-4-3-5-7-10/h2-7,11-13,15-16H,1,8-9H2/t11-,12-,13-/m1/s1. The van der Waals surface area contributed by atoms with Gasteiger partial charge in [-0.15, -0.1) is 6.58 Å². The SMILES string of the molecule is C=C[C@@H]1[C@@H](O)[C@H](O)CN1Cc1ccccc1. The lowest BCUT2D eigenvalue weighted by atomic mass is 10.1. The van der Waals surface area contributed by atoms with Crippen molar-refractivity contribution >= 4 is 0 Å². The Morgan fingerprint density at radius 1 is 1.31 bits per heavy atom. The Balaban J connectivity index is 2.08. The zero-order valence-corrected chi connectivity index (χ0v) is 9.16. The summed E-state index contributed by atoms with van der Waals surface area (Å²) in [4.78, 5) is 2.04. The van der Waals surface area contributed by atoms with Crippen molar-refractivity contribution in [1.29, 1.82) is 0 Å². The van der Waals surface area contributed by atoms with Crippen LogP contribution in [-0.2, 0) is 6.54 Å². The first-order valence-corrected chi connectivity index (χ1v) is 5.49. The number of benzene rings is 1. The summed E-state index contributed by atoms with van der Waals surface area (Å²) in [6, 6.07) is 9.87. The van der Waals surface area contributed by atoms with Gasteiger partial charge in [0.25, 0.3) is 0 Å². The number of aliphatic hydroxyl groups excluding tert-OH is 2. The second kappa shape index (κ2) is 4.78. The molecule has 3 heteroatoms. The smallest absolute Gasteiger partial charge is 0.100 e. The summed E-state index contributed by atoms with van der Waals surface area (Å²) in [5.41, 5.74) is 1.18. The molecule has 1 heterocycles. The van der Waals surface area contributed by atoms with Gasteiger partial charge in [-0.05, 0) is 5.56 Å². The van der Waals surface area contributed by atoms with Crippen LogP contribution in [0.4, 0.5) is 0 Å². The van der Waals surface area contributed by atoms with Gasteiger partial charge in [-0.3, -0.25) is 4.90 Å². The summed E-state index contributed by atoms with van der Waals surface area (Å²) in [6.07, 6.45) is 0.303. The van der Waals surface area contributed by atoms with Crippen molar-refractivity contribution in [3.8, 4) is 0 Å². The van der Waals surface area contributed by atoms with Crippen LogP contribution in [0.2, 0.25) is 0 Å². The third-order valence-electron chi connectivity index (χ3n) is 3.06. The highest BCUT2D eigenvalue weighted by Gasteiger charge is 2.37. The number of likely N-dealkylation sites (tertiary alicyclic amines) is 1. The van der Waals surface area contributed by atoms with Crippen LogP contribution in [0.5, 0.6) is 0 Å². The molecule has 0 spiro atoms. The molecule has 0 saturated carbocycles. The van der Waals surface area contributed by atoms with E-state index in [0.29, 0.717) is 6.54 Å². The number of β-amino-alcohol motifs (C(OH)–C–C–N with tert-alkyl or cyclic N) is 1. The molecule has 2 N–H and O–H groups in total. The largest absolute Gasteiger partial charge is 0.389 e. The Labute approximate surface area is 95.6 Å². The minimum Gasteiger partial charge on any atom is -0.389 e. The molecule has 0 aromatic heterocycles. The minimum absolute atomic E-state index is 0.157. The maximum atomic E-state index is 9.74. The third-order valence-corrected chi connectivity index (χ3v) is 3.06. The molecular weight excluding hydrogens is 202 g/mol. The van der Waals surface area contributed by atoms with E-state index in [4.69, 9.17) is 0 Å². The number of rotatable bonds is 3. The van der Waals surface area contributed by atoms with Gasteiger partial charge in [-0.2, -0.15) is 0 Å². The van der Waals surface area contributed by atoms with Crippen LogP contribution < -0.4 is 0 Å². The Hall–Kier alpha value is -1.16. The molecule has 0 unspecified atom stereocenters. The molecule has 0 aliphatic carbocycles. The van der Waals surface area contributed by atoms with Gasteiger partial charge in [-0.1, -0.05) is 36.4 Å².